The fraction of sp³-hybridized carbons (Fsp3) is 0.333. The second-order valence-corrected chi connectivity index (χ2v) is 8.53. The lowest BCUT2D eigenvalue weighted by Crippen LogP contribution is -2.27. The molecule has 0 bridgehead atoms. The van der Waals surface area contributed by atoms with Crippen molar-refractivity contribution in [3.05, 3.63) is 93.0 Å². The predicted molar refractivity (Wildman–Crippen MR) is 122 cm³/mol. The Morgan fingerprint density at radius 1 is 0.806 bits per heavy atom. The van der Waals surface area contributed by atoms with E-state index in [1.807, 2.05) is 13.8 Å². The fourth-order valence-corrected chi connectivity index (χ4v) is 5.11. The van der Waals surface area contributed by atoms with Crippen LogP contribution in [-0.4, -0.2) is 24.4 Å². The van der Waals surface area contributed by atoms with Crippen LogP contribution in [-0.2, 0) is 34.5 Å². The van der Waals surface area contributed by atoms with Crippen LogP contribution in [0.15, 0.2) is 48.5 Å². The van der Waals surface area contributed by atoms with Gasteiger partial charge in [-0.05, 0) is 72.2 Å². The number of aryl methyl sites for hydroxylation is 3. The quantitative estimate of drug-likeness (QED) is 0.571. The Morgan fingerprint density at radius 3 is 1.84 bits per heavy atom. The number of fused-ring (bicyclic) bond motifs is 1. The maximum Gasteiger partial charge on any atom is 0.124 e. The Labute approximate surface area is 184 Å². The van der Waals surface area contributed by atoms with Gasteiger partial charge in [-0.15, -0.1) is 0 Å². The third kappa shape index (κ3) is 3.50. The average molecular weight is 419 g/mol. The first-order chi connectivity index (χ1) is 14.9. The summed E-state index contributed by atoms with van der Waals surface area (Å²) in [4.78, 5) is 0. The summed E-state index contributed by atoms with van der Waals surface area (Å²) in [5.41, 5.74) is 7.74. The van der Waals surface area contributed by atoms with Crippen molar-refractivity contribution >= 4 is 0 Å². The van der Waals surface area contributed by atoms with Crippen molar-refractivity contribution in [1.29, 1.82) is 0 Å². The fourth-order valence-electron chi connectivity index (χ4n) is 5.11. The van der Waals surface area contributed by atoms with Crippen LogP contribution < -0.4 is 0 Å². The first-order valence-corrected chi connectivity index (χ1v) is 10.6. The summed E-state index contributed by atoms with van der Waals surface area (Å²) >= 11 is 0. The van der Waals surface area contributed by atoms with Gasteiger partial charge in [0.1, 0.15) is 11.5 Å². The molecule has 0 radical (unpaired) electrons. The Kier molecular flexibility index (Phi) is 5.78. The van der Waals surface area contributed by atoms with E-state index in [0.29, 0.717) is 13.2 Å². The topological polar surface area (TPSA) is 58.9 Å². The third-order valence-corrected chi connectivity index (χ3v) is 6.59. The third-order valence-electron chi connectivity index (χ3n) is 6.59. The molecule has 0 spiro atoms. The normalized spacial score (nSPS) is 14.6. The molecule has 4 heteroatoms. The van der Waals surface area contributed by atoms with Crippen molar-refractivity contribution in [3.8, 4) is 11.5 Å². The molecule has 0 atom stereocenters. The minimum absolute atomic E-state index is 0.286. The molecule has 4 rings (SSSR count). The lowest BCUT2D eigenvalue weighted by atomic mass is 9.69. The second kappa shape index (κ2) is 8.37. The highest BCUT2D eigenvalue weighted by Gasteiger charge is 2.42. The zero-order valence-electron chi connectivity index (χ0n) is 18.7. The number of hydrogen-bond acceptors (Lipinski definition) is 4. The van der Waals surface area contributed by atoms with Crippen LogP contribution >= 0.6 is 0 Å². The van der Waals surface area contributed by atoms with E-state index < -0.39 is 0 Å². The van der Waals surface area contributed by atoms with E-state index in [1.54, 1.807) is 14.2 Å². The summed E-state index contributed by atoms with van der Waals surface area (Å²) in [6.07, 6.45) is 1.88. The summed E-state index contributed by atoms with van der Waals surface area (Å²) in [7, 11) is 3.28. The van der Waals surface area contributed by atoms with Gasteiger partial charge in [0.05, 0.1) is 13.2 Å². The average Bonchev–Trinajstić information content (AvgIpc) is 3.15. The van der Waals surface area contributed by atoms with Crippen LogP contribution in [0.1, 0.15) is 50.9 Å². The summed E-state index contributed by atoms with van der Waals surface area (Å²) in [6.45, 7) is 4.57. The van der Waals surface area contributed by atoms with Crippen molar-refractivity contribution in [2.45, 2.75) is 45.3 Å². The molecule has 1 aliphatic rings. The molecule has 0 fully saturated rings. The van der Waals surface area contributed by atoms with Gasteiger partial charge in [0.25, 0.3) is 0 Å². The Balaban J connectivity index is 2.03. The minimum atomic E-state index is -0.376. The van der Waals surface area contributed by atoms with Gasteiger partial charge >= 0.3 is 0 Å². The Morgan fingerprint density at radius 2 is 1.32 bits per heavy atom. The first kappa shape index (κ1) is 21.4. The van der Waals surface area contributed by atoms with Crippen LogP contribution in [0.4, 0.5) is 0 Å². The van der Waals surface area contributed by atoms with Gasteiger partial charge in [0.2, 0.25) is 0 Å². The lowest BCUT2D eigenvalue weighted by Gasteiger charge is -2.34. The summed E-state index contributed by atoms with van der Waals surface area (Å²) in [5.74, 6) is 0.572. The molecule has 4 nitrogen and oxygen atoms in total. The maximum atomic E-state index is 10.6. The number of benzene rings is 3. The molecule has 162 valence electrons. The van der Waals surface area contributed by atoms with E-state index in [0.717, 1.165) is 46.2 Å². The molecule has 0 amide bonds. The zero-order chi connectivity index (χ0) is 22.2. The number of rotatable bonds is 6. The molecule has 0 aromatic heterocycles. The monoisotopic (exact) mass is 418 g/mol. The van der Waals surface area contributed by atoms with Gasteiger partial charge in [0, 0.05) is 30.8 Å². The molecule has 31 heavy (non-hydrogen) atoms. The van der Waals surface area contributed by atoms with Gasteiger partial charge in [0.15, 0.2) is 0 Å². The van der Waals surface area contributed by atoms with Crippen LogP contribution in [0.25, 0.3) is 0 Å². The minimum Gasteiger partial charge on any atom is -0.507 e. The van der Waals surface area contributed by atoms with E-state index in [4.69, 9.17) is 9.47 Å². The molecule has 0 heterocycles. The highest BCUT2D eigenvalue weighted by molar-refractivity contribution is 5.61. The van der Waals surface area contributed by atoms with E-state index in [9.17, 15) is 10.2 Å². The molecule has 1 aliphatic carbocycles. The van der Waals surface area contributed by atoms with E-state index in [-0.39, 0.29) is 16.9 Å². The Hall–Kier alpha value is -2.82. The summed E-state index contributed by atoms with van der Waals surface area (Å²) in [6, 6.07) is 16.9. The Bertz CT molecular complexity index is 1050. The van der Waals surface area contributed by atoms with Gasteiger partial charge in [-0.25, -0.2) is 0 Å². The van der Waals surface area contributed by atoms with Gasteiger partial charge < -0.3 is 19.7 Å². The molecule has 0 saturated carbocycles. The van der Waals surface area contributed by atoms with Crippen molar-refractivity contribution < 1.29 is 19.7 Å². The lowest BCUT2D eigenvalue weighted by molar-refractivity contribution is 0.181. The second-order valence-electron chi connectivity index (χ2n) is 8.53. The van der Waals surface area contributed by atoms with Crippen molar-refractivity contribution in [2.75, 3.05) is 14.2 Å². The molecule has 0 unspecified atom stereocenters. The number of ether oxygens (including phenoxy) is 2. The number of aromatic hydroxyl groups is 2. The standard InChI is InChI=1S/C27H30O4/c1-17-11-22(13-20(15-30-3)25(17)28)27(10-9-19-7-5-6-8-24(19)27)23-12-18(2)26(29)21(14-23)16-31-4/h5-8,11-14,28-29H,9-10,15-16H2,1-4H3. The van der Waals surface area contributed by atoms with Gasteiger partial charge in [-0.3, -0.25) is 0 Å². The first-order valence-electron chi connectivity index (χ1n) is 10.6. The van der Waals surface area contributed by atoms with Gasteiger partial charge in [-0.1, -0.05) is 36.4 Å². The summed E-state index contributed by atoms with van der Waals surface area (Å²) < 4.78 is 10.7. The highest BCUT2D eigenvalue weighted by atomic mass is 16.5. The largest absolute Gasteiger partial charge is 0.507 e. The summed E-state index contributed by atoms with van der Waals surface area (Å²) in [5, 5.41) is 21.2. The van der Waals surface area contributed by atoms with Crippen molar-refractivity contribution in [3.63, 3.8) is 0 Å². The van der Waals surface area contributed by atoms with Crippen LogP contribution in [0.5, 0.6) is 11.5 Å². The van der Waals surface area contributed by atoms with Crippen molar-refractivity contribution in [1.82, 2.24) is 0 Å². The molecular weight excluding hydrogens is 388 g/mol. The van der Waals surface area contributed by atoms with E-state index in [1.165, 1.54) is 11.1 Å². The van der Waals surface area contributed by atoms with E-state index in [2.05, 4.69) is 48.5 Å². The predicted octanol–water partition coefficient (Wildman–Crippen LogP) is 5.29. The van der Waals surface area contributed by atoms with Crippen LogP contribution in [0.3, 0.4) is 0 Å². The molecule has 0 saturated heterocycles. The molecule has 2 N–H and O–H groups in total. The molecular formula is C27H30O4. The van der Waals surface area contributed by atoms with Crippen molar-refractivity contribution in [2.24, 2.45) is 0 Å². The highest BCUT2D eigenvalue weighted by Crippen LogP contribution is 2.51. The zero-order valence-corrected chi connectivity index (χ0v) is 18.7. The number of phenolic OH excluding ortho intramolecular Hbond substituents is 2. The van der Waals surface area contributed by atoms with Crippen LogP contribution in [0.2, 0.25) is 0 Å². The van der Waals surface area contributed by atoms with E-state index >= 15 is 0 Å². The molecule has 3 aromatic rings. The van der Waals surface area contributed by atoms with Crippen LogP contribution in [0, 0.1) is 13.8 Å². The SMILES string of the molecule is COCc1cc(C2(c3cc(C)c(O)c(COC)c3)CCc3ccccc32)cc(C)c1O. The number of hydrogen-bond donors (Lipinski definition) is 2. The molecule has 3 aromatic carbocycles. The maximum absolute atomic E-state index is 10.6. The number of phenols is 2. The molecule has 0 aliphatic heterocycles. The smallest absolute Gasteiger partial charge is 0.124 e. The number of methoxy groups -OCH3 is 2. The van der Waals surface area contributed by atoms with Gasteiger partial charge in [-0.2, -0.15) is 0 Å².